The quantitative estimate of drug-likeness (QED) is 0.383. The van der Waals surface area contributed by atoms with Gasteiger partial charge in [-0.1, -0.05) is 5.11 Å². The molecule has 0 aromatic rings. The average Bonchev–Trinajstić information content (AvgIpc) is 2.19. The average molecular weight is 198 g/mol. The maximum absolute atomic E-state index is 8.15. The number of hydrogen-bond acceptors (Lipinski definition) is 3. The monoisotopic (exact) mass is 198 g/mol. The van der Waals surface area contributed by atoms with Gasteiger partial charge in [-0.05, 0) is 30.8 Å². The Balaban J connectivity index is 2.21. The third kappa shape index (κ3) is 3.96. The third-order valence-corrected chi connectivity index (χ3v) is 2.58. The lowest BCUT2D eigenvalue weighted by Gasteiger charge is -2.31. The van der Waals surface area contributed by atoms with E-state index in [4.69, 9.17) is 10.3 Å². The van der Waals surface area contributed by atoms with Gasteiger partial charge >= 0.3 is 0 Å². The first kappa shape index (κ1) is 11.3. The van der Waals surface area contributed by atoms with Crippen molar-refractivity contribution in [3.8, 4) is 0 Å². The van der Waals surface area contributed by atoms with Crippen LogP contribution in [0.1, 0.15) is 12.8 Å². The van der Waals surface area contributed by atoms with E-state index in [0.717, 1.165) is 26.2 Å². The molecule has 5 nitrogen and oxygen atoms in total. The van der Waals surface area contributed by atoms with Crippen molar-refractivity contribution in [2.24, 2.45) is 11.0 Å². The highest BCUT2D eigenvalue weighted by Gasteiger charge is 2.18. The minimum Gasteiger partial charge on any atom is -0.384 e. The molecule has 1 aliphatic rings. The summed E-state index contributed by atoms with van der Waals surface area (Å²) in [5, 5.41) is 3.54. The molecule has 14 heavy (non-hydrogen) atoms. The van der Waals surface area contributed by atoms with Crippen LogP contribution < -0.4 is 0 Å². The molecule has 0 N–H and O–H groups in total. The van der Waals surface area contributed by atoms with Crippen LogP contribution in [0.15, 0.2) is 5.11 Å². The molecule has 0 spiro atoms. The Bertz CT molecular complexity index is 201. The maximum Gasteiger partial charge on any atom is 0.0502 e. The van der Waals surface area contributed by atoms with E-state index in [0.29, 0.717) is 12.5 Å². The van der Waals surface area contributed by atoms with Crippen LogP contribution in [0, 0.1) is 5.92 Å². The van der Waals surface area contributed by atoms with Gasteiger partial charge in [0.15, 0.2) is 0 Å². The number of hydrogen-bond donors (Lipinski definition) is 0. The molecule has 0 amide bonds. The number of azide groups is 1. The summed E-state index contributed by atoms with van der Waals surface area (Å²) in [6.45, 7) is 4.51. The summed E-state index contributed by atoms with van der Waals surface area (Å²) < 4.78 is 5.15. The van der Waals surface area contributed by atoms with Crippen LogP contribution in [-0.2, 0) is 4.74 Å². The van der Waals surface area contributed by atoms with Crippen LogP contribution in [0.3, 0.4) is 0 Å². The molecule has 0 unspecified atom stereocenters. The smallest absolute Gasteiger partial charge is 0.0502 e. The zero-order valence-corrected chi connectivity index (χ0v) is 8.72. The molecule has 0 aromatic carbocycles. The molecule has 5 heteroatoms. The van der Waals surface area contributed by atoms with Crippen LogP contribution in [0.2, 0.25) is 0 Å². The fourth-order valence-corrected chi connectivity index (χ4v) is 1.96. The molecule has 0 saturated carbocycles. The standard InChI is InChI=1S/C9H18N4O/c1-14-8-9-3-2-5-13(7-9)6-4-11-12-10/h9H,2-8H2,1H3/t9-/m1/s1. The summed E-state index contributed by atoms with van der Waals surface area (Å²) in [6.07, 6.45) is 2.48. The van der Waals surface area contributed by atoms with Gasteiger partial charge in [-0.2, -0.15) is 0 Å². The number of piperidine rings is 1. The van der Waals surface area contributed by atoms with Crippen LogP contribution >= 0.6 is 0 Å². The van der Waals surface area contributed by atoms with E-state index in [1.54, 1.807) is 7.11 Å². The largest absolute Gasteiger partial charge is 0.384 e. The molecule has 1 heterocycles. The zero-order valence-electron chi connectivity index (χ0n) is 8.72. The predicted molar refractivity (Wildman–Crippen MR) is 55.1 cm³/mol. The molecule has 1 aliphatic heterocycles. The first-order valence-corrected chi connectivity index (χ1v) is 5.09. The van der Waals surface area contributed by atoms with E-state index >= 15 is 0 Å². The molecule has 0 bridgehead atoms. The predicted octanol–water partition coefficient (Wildman–Crippen LogP) is 1.66. The van der Waals surface area contributed by atoms with E-state index in [1.807, 2.05) is 0 Å². The molecule has 80 valence electrons. The highest BCUT2D eigenvalue weighted by Crippen LogP contribution is 2.15. The van der Waals surface area contributed by atoms with Gasteiger partial charge in [-0.3, -0.25) is 0 Å². The molecule has 0 aliphatic carbocycles. The second kappa shape index (κ2) is 6.65. The Morgan fingerprint density at radius 1 is 1.64 bits per heavy atom. The van der Waals surface area contributed by atoms with Gasteiger partial charge in [0, 0.05) is 31.7 Å². The van der Waals surface area contributed by atoms with E-state index < -0.39 is 0 Å². The second-order valence-electron chi connectivity index (χ2n) is 3.72. The van der Waals surface area contributed by atoms with Crippen molar-refractivity contribution in [3.63, 3.8) is 0 Å². The minimum atomic E-state index is 0.580. The van der Waals surface area contributed by atoms with Crippen molar-refractivity contribution in [1.82, 2.24) is 4.90 Å². The van der Waals surface area contributed by atoms with E-state index in [1.165, 1.54) is 12.8 Å². The first-order chi connectivity index (χ1) is 6.86. The summed E-state index contributed by atoms with van der Waals surface area (Å²) in [5.41, 5.74) is 8.15. The molecule has 0 radical (unpaired) electrons. The summed E-state index contributed by atoms with van der Waals surface area (Å²) >= 11 is 0. The first-order valence-electron chi connectivity index (χ1n) is 5.09. The molecule has 1 saturated heterocycles. The lowest BCUT2D eigenvalue weighted by Crippen LogP contribution is -2.38. The molecular weight excluding hydrogens is 180 g/mol. The van der Waals surface area contributed by atoms with Gasteiger partial charge in [0.1, 0.15) is 0 Å². The fourth-order valence-electron chi connectivity index (χ4n) is 1.96. The van der Waals surface area contributed by atoms with Gasteiger partial charge in [0.25, 0.3) is 0 Å². The SMILES string of the molecule is COC[C@@H]1CCCN(CCN=[N+]=[N-])C1. The third-order valence-electron chi connectivity index (χ3n) is 2.58. The van der Waals surface area contributed by atoms with Crippen LogP contribution in [0.4, 0.5) is 0 Å². The van der Waals surface area contributed by atoms with Crippen molar-refractivity contribution < 1.29 is 4.74 Å². The summed E-state index contributed by atoms with van der Waals surface area (Å²) in [5.74, 6) is 0.653. The number of methoxy groups -OCH3 is 1. The van der Waals surface area contributed by atoms with Gasteiger partial charge in [-0.25, -0.2) is 0 Å². The van der Waals surface area contributed by atoms with Gasteiger partial charge in [0.2, 0.25) is 0 Å². The topological polar surface area (TPSA) is 61.2 Å². The van der Waals surface area contributed by atoms with E-state index in [-0.39, 0.29) is 0 Å². The Morgan fingerprint density at radius 3 is 3.21 bits per heavy atom. The van der Waals surface area contributed by atoms with E-state index in [9.17, 15) is 0 Å². The molecule has 1 atom stereocenters. The van der Waals surface area contributed by atoms with Crippen molar-refractivity contribution in [1.29, 1.82) is 0 Å². The van der Waals surface area contributed by atoms with Gasteiger partial charge in [-0.15, -0.1) is 0 Å². The zero-order chi connectivity index (χ0) is 10.2. The molecular formula is C9H18N4O. The molecule has 0 aromatic heterocycles. The highest BCUT2D eigenvalue weighted by molar-refractivity contribution is 4.73. The van der Waals surface area contributed by atoms with Crippen LogP contribution in [-0.4, -0.2) is 44.8 Å². The summed E-state index contributed by atoms with van der Waals surface area (Å²) in [7, 11) is 1.75. The summed E-state index contributed by atoms with van der Waals surface area (Å²) in [4.78, 5) is 5.10. The Morgan fingerprint density at radius 2 is 2.50 bits per heavy atom. The van der Waals surface area contributed by atoms with Crippen LogP contribution in [0.5, 0.6) is 0 Å². The van der Waals surface area contributed by atoms with Crippen molar-refractivity contribution in [3.05, 3.63) is 10.4 Å². The number of nitrogens with zero attached hydrogens (tertiary/aromatic N) is 4. The van der Waals surface area contributed by atoms with E-state index in [2.05, 4.69) is 14.9 Å². The number of ether oxygens (including phenoxy) is 1. The summed E-state index contributed by atoms with van der Waals surface area (Å²) in [6, 6.07) is 0. The lowest BCUT2D eigenvalue weighted by atomic mass is 9.99. The normalized spacial score (nSPS) is 23.1. The lowest BCUT2D eigenvalue weighted by molar-refractivity contribution is 0.0921. The second-order valence-corrected chi connectivity index (χ2v) is 3.72. The van der Waals surface area contributed by atoms with Crippen molar-refractivity contribution in [2.75, 3.05) is 39.9 Å². The van der Waals surface area contributed by atoms with Crippen molar-refractivity contribution in [2.45, 2.75) is 12.8 Å². The maximum atomic E-state index is 8.15. The number of rotatable bonds is 5. The fraction of sp³-hybridized carbons (Fsp3) is 1.00. The van der Waals surface area contributed by atoms with Crippen molar-refractivity contribution >= 4 is 0 Å². The highest BCUT2D eigenvalue weighted by atomic mass is 16.5. The molecule has 1 fully saturated rings. The number of likely N-dealkylation sites (tertiary alicyclic amines) is 1. The van der Waals surface area contributed by atoms with Gasteiger partial charge in [0.05, 0.1) is 6.61 Å². The van der Waals surface area contributed by atoms with Gasteiger partial charge < -0.3 is 9.64 Å². The van der Waals surface area contributed by atoms with Crippen LogP contribution in [0.25, 0.3) is 10.4 Å². The minimum absolute atomic E-state index is 0.580. The Kier molecular flexibility index (Phi) is 5.37. The Labute approximate surface area is 84.7 Å². The molecule has 1 rings (SSSR count). The Hall–Kier alpha value is -0.770.